The van der Waals surface area contributed by atoms with E-state index < -0.39 is 11.8 Å². The second-order valence-corrected chi connectivity index (χ2v) is 5.25. The summed E-state index contributed by atoms with van der Waals surface area (Å²) in [5.74, 6) is -1.57. The third-order valence-corrected chi connectivity index (χ3v) is 3.31. The van der Waals surface area contributed by atoms with E-state index in [-0.39, 0.29) is 0 Å². The monoisotopic (exact) mass is 341 g/mol. The maximum absolute atomic E-state index is 12.0. The summed E-state index contributed by atoms with van der Waals surface area (Å²) >= 11 is 5.84. The summed E-state index contributed by atoms with van der Waals surface area (Å²) in [6.45, 7) is 0. The van der Waals surface area contributed by atoms with Crippen LogP contribution in [0.3, 0.4) is 0 Å². The molecule has 2 N–H and O–H groups in total. The number of carbonyl (C=O) groups excluding carboxylic acids is 2. The second kappa shape index (κ2) is 6.93. The van der Waals surface area contributed by atoms with Gasteiger partial charge in [0.1, 0.15) is 0 Å². The van der Waals surface area contributed by atoms with Gasteiger partial charge in [-0.1, -0.05) is 28.9 Å². The van der Waals surface area contributed by atoms with Crippen LogP contribution >= 0.6 is 11.6 Å². The van der Waals surface area contributed by atoms with E-state index in [2.05, 4.69) is 20.9 Å². The van der Waals surface area contributed by atoms with E-state index in [0.717, 1.165) is 0 Å². The summed E-state index contributed by atoms with van der Waals surface area (Å²) in [5, 5.41) is 13.1. The molecule has 7 nitrogen and oxygen atoms in total. The van der Waals surface area contributed by atoms with Crippen molar-refractivity contribution in [2.24, 2.45) is 0 Å². The molecule has 0 spiro atoms. The lowest BCUT2D eigenvalue weighted by molar-refractivity contribution is -0.132. The maximum atomic E-state index is 12.0. The van der Waals surface area contributed by atoms with Crippen molar-refractivity contribution in [2.45, 2.75) is 0 Å². The largest absolute Gasteiger partial charge is 0.318 e. The van der Waals surface area contributed by atoms with Gasteiger partial charge < -0.3 is 10.6 Å². The molecule has 3 rings (SSSR count). The molecule has 120 valence electrons. The number of anilines is 2. The molecular formula is C16H12ClN5O2. The van der Waals surface area contributed by atoms with Crippen molar-refractivity contribution in [1.82, 2.24) is 15.0 Å². The molecule has 0 bridgehead atoms. The van der Waals surface area contributed by atoms with Crippen LogP contribution in [0.5, 0.6) is 0 Å². The molecule has 3 aromatic rings. The third-order valence-electron chi connectivity index (χ3n) is 3.08. The van der Waals surface area contributed by atoms with E-state index in [1.165, 1.54) is 0 Å². The predicted molar refractivity (Wildman–Crippen MR) is 90.1 cm³/mol. The molecule has 8 heteroatoms. The first-order valence-corrected chi connectivity index (χ1v) is 7.34. The first-order chi connectivity index (χ1) is 11.6. The average molecular weight is 342 g/mol. The van der Waals surface area contributed by atoms with Crippen molar-refractivity contribution in [3.63, 3.8) is 0 Å². The fraction of sp³-hybridized carbons (Fsp3) is 0. The molecule has 0 aliphatic heterocycles. The molecule has 0 unspecified atom stereocenters. The van der Waals surface area contributed by atoms with Gasteiger partial charge in [0.15, 0.2) is 0 Å². The van der Waals surface area contributed by atoms with Crippen molar-refractivity contribution in [3.05, 3.63) is 65.9 Å². The van der Waals surface area contributed by atoms with Gasteiger partial charge in [0.05, 0.1) is 18.1 Å². The van der Waals surface area contributed by atoms with Gasteiger partial charge in [-0.25, -0.2) is 4.68 Å². The first kappa shape index (κ1) is 15.7. The summed E-state index contributed by atoms with van der Waals surface area (Å²) in [7, 11) is 0. The Kier molecular flexibility index (Phi) is 4.53. The van der Waals surface area contributed by atoms with Gasteiger partial charge in [-0.15, -0.1) is 5.10 Å². The van der Waals surface area contributed by atoms with Gasteiger partial charge >= 0.3 is 11.8 Å². The van der Waals surface area contributed by atoms with Crippen molar-refractivity contribution < 1.29 is 9.59 Å². The fourth-order valence-corrected chi connectivity index (χ4v) is 2.20. The third kappa shape index (κ3) is 3.76. The van der Waals surface area contributed by atoms with Crippen molar-refractivity contribution in [1.29, 1.82) is 0 Å². The van der Waals surface area contributed by atoms with E-state index in [9.17, 15) is 9.59 Å². The van der Waals surface area contributed by atoms with Crippen LogP contribution in [0, 0.1) is 0 Å². The predicted octanol–water partition coefficient (Wildman–Crippen LogP) is 2.50. The standard InChI is InChI=1S/C16H12ClN5O2/c17-11-3-1-4-12(9-11)19-15(23)16(24)20-13-5-2-6-14(10-13)22-8-7-18-21-22/h1-10H,(H,19,23)(H,20,24). The van der Waals surface area contributed by atoms with Crippen LogP contribution < -0.4 is 10.6 Å². The Labute approximate surface area is 142 Å². The highest BCUT2D eigenvalue weighted by molar-refractivity contribution is 6.43. The zero-order valence-electron chi connectivity index (χ0n) is 12.3. The number of hydrogen-bond acceptors (Lipinski definition) is 4. The lowest BCUT2D eigenvalue weighted by Gasteiger charge is -2.08. The van der Waals surface area contributed by atoms with E-state index in [0.29, 0.717) is 22.1 Å². The lowest BCUT2D eigenvalue weighted by atomic mass is 10.2. The zero-order valence-corrected chi connectivity index (χ0v) is 13.1. The smallest absolute Gasteiger partial charge is 0.314 e. The highest BCUT2D eigenvalue weighted by Gasteiger charge is 2.14. The van der Waals surface area contributed by atoms with Crippen LogP contribution in [0.25, 0.3) is 5.69 Å². The Morgan fingerprint density at radius 2 is 1.62 bits per heavy atom. The molecule has 24 heavy (non-hydrogen) atoms. The van der Waals surface area contributed by atoms with Crippen LogP contribution in [-0.4, -0.2) is 26.8 Å². The molecule has 0 saturated heterocycles. The Hall–Kier alpha value is -3.19. The number of nitrogens with one attached hydrogen (secondary N) is 2. The summed E-state index contributed by atoms with van der Waals surface area (Å²) in [6, 6.07) is 13.4. The minimum Gasteiger partial charge on any atom is -0.318 e. The fourth-order valence-electron chi connectivity index (χ4n) is 2.01. The minimum atomic E-state index is -0.788. The SMILES string of the molecule is O=C(Nc1cccc(Cl)c1)C(=O)Nc1cccc(-n2ccnn2)c1. The first-order valence-electron chi connectivity index (χ1n) is 6.96. The quantitative estimate of drug-likeness (QED) is 0.716. The molecule has 0 fully saturated rings. The lowest BCUT2D eigenvalue weighted by Crippen LogP contribution is -2.29. The summed E-state index contributed by atoms with van der Waals surface area (Å²) in [5.41, 5.74) is 1.62. The van der Waals surface area contributed by atoms with Crippen molar-refractivity contribution >= 4 is 34.8 Å². The number of amides is 2. The van der Waals surface area contributed by atoms with Gasteiger partial charge in [0, 0.05) is 16.4 Å². The van der Waals surface area contributed by atoms with Gasteiger partial charge in [-0.3, -0.25) is 9.59 Å². The highest BCUT2D eigenvalue weighted by Crippen LogP contribution is 2.16. The number of carbonyl (C=O) groups is 2. The van der Waals surface area contributed by atoms with Crippen LogP contribution in [0.15, 0.2) is 60.9 Å². The Balaban J connectivity index is 1.68. The summed E-state index contributed by atoms with van der Waals surface area (Å²) < 4.78 is 1.54. The maximum Gasteiger partial charge on any atom is 0.314 e. The molecule has 0 saturated carbocycles. The second-order valence-electron chi connectivity index (χ2n) is 4.82. The normalized spacial score (nSPS) is 10.2. The minimum absolute atomic E-state index is 0.444. The Morgan fingerprint density at radius 3 is 2.25 bits per heavy atom. The molecule has 2 aromatic carbocycles. The van der Waals surface area contributed by atoms with Gasteiger partial charge in [0.25, 0.3) is 0 Å². The zero-order chi connectivity index (χ0) is 16.9. The van der Waals surface area contributed by atoms with E-state index in [1.807, 2.05) is 0 Å². The molecule has 1 heterocycles. The Morgan fingerprint density at radius 1 is 0.958 bits per heavy atom. The number of aromatic nitrogens is 3. The van der Waals surface area contributed by atoms with E-state index in [4.69, 9.17) is 11.6 Å². The Bertz CT molecular complexity index is 880. The number of benzene rings is 2. The summed E-state index contributed by atoms with van der Waals surface area (Å²) in [6.07, 6.45) is 3.22. The molecular weight excluding hydrogens is 330 g/mol. The van der Waals surface area contributed by atoms with E-state index >= 15 is 0 Å². The molecule has 2 amide bonds. The van der Waals surface area contributed by atoms with E-state index in [1.54, 1.807) is 65.6 Å². The van der Waals surface area contributed by atoms with Crippen molar-refractivity contribution in [3.8, 4) is 5.69 Å². The number of halogens is 1. The molecule has 0 aliphatic rings. The number of rotatable bonds is 3. The average Bonchev–Trinajstić information content (AvgIpc) is 3.09. The van der Waals surface area contributed by atoms with Gasteiger partial charge in [-0.05, 0) is 36.4 Å². The van der Waals surface area contributed by atoms with Crippen LogP contribution in [-0.2, 0) is 9.59 Å². The topological polar surface area (TPSA) is 88.9 Å². The molecule has 0 radical (unpaired) electrons. The van der Waals surface area contributed by atoms with Gasteiger partial charge in [-0.2, -0.15) is 0 Å². The highest BCUT2D eigenvalue weighted by atomic mass is 35.5. The summed E-state index contributed by atoms with van der Waals surface area (Å²) in [4.78, 5) is 24.0. The van der Waals surface area contributed by atoms with Crippen molar-refractivity contribution in [2.75, 3.05) is 10.6 Å². The molecule has 1 aromatic heterocycles. The van der Waals surface area contributed by atoms with Crippen LogP contribution in [0.2, 0.25) is 5.02 Å². The van der Waals surface area contributed by atoms with Gasteiger partial charge in [0.2, 0.25) is 0 Å². The van der Waals surface area contributed by atoms with Crippen LogP contribution in [0.1, 0.15) is 0 Å². The van der Waals surface area contributed by atoms with Crippen LogP contribution in [0.4, 0.5) is 11.4 Å². The number of hydrogen-bond donors (Lipinski definition) is 2. The molecule has 0 atom stereocenters. The number of nitrogens with zero attached hydrogens (tertiary/aromatic N) is 3. The molecule has 0 aliphatic carbocycles.